The van der Waals surface area contributed by atoms with Crippen molar-refractivity contribution in [3.63, 3.8) is 0 Å². The third kappa shape index (κ3) is 5.04. The molecule has 0 aromatic heterocycles. The van der Waals surface area contributed by atoms with E-state index in [0.29, 0.717) is 11.8 Å². The average Bonchev–Trinajstić information content (AvgIpc) is 2.93. The monoisotopic (exact) mass is 307 g/mol. The largest absolute Gasteiger partial charge is 0.396 e. The summed E-state index contributed by atoms with van der Waals surface area (Å²) in [5.41, 5.74) is 2.55. The van der Waals surface area contributed by atoms with Crippen LogP contribution in [0.15, 0.2) is 24.3 Å². The van der Waals surface area contributed by atoms with E-state index >= 15 is 0 Å². The fourth-order valence-electron chi connectivity index (χ4n) is 2.93. The predicted molar refractivity (Wildman–Crippen MR) is 88.4 cm³/mol. The van der Waals surface area contributed by atoms with E-state index in [-0.39, 0.29) is 12.5 Å². The SMILES string of the molecule is Cc1cccc(CSCC(=O)N2CCCC2CCCO)c1. The maximum atomic E-state index is 12.3. The third-order valence-electron chi connectivity index (χ3n) is 3.97. The predicted octanol–water partition coefficient (Wildman–Crippen LogP) is 2.99. The minimum Gasteiger partial charge on any atom is -0.396 e. The number of hydrogen-bond donors (Lipinski definition) is 1. The molecule has 1 aliphatic rings. The number of nitrogens with zero attached hydrogens (tertiary/aromatic N) is 1. The molecule has 0 aliphatic carbocycles. The van der Waals surface area contributed by atoms with E-state index < -0.39 is 0 Å². The summed E-state index contributed by atoms with van der Waals surface area (Å²) >= 11 is 1.70. The van der Waals surface area contributed by atoms with Gasteiger partial charge in [0.15, 0.2) is 0 Å². The van der Waals surface area contributed by atoms with Crippen molar-refractivity contribution in [2.45, 2.75) is 44.4 Å². The van der Waals surface area contributed by atoms with Gasteiger partial charge in [0, 0.05) is 24.9 Å². The summed E-state index contributed by atoms with van der Waals surface area (Å²) in [4.78, 5) is 14.3. The number of hydrogen-bond acceptors (Lipinski definition) is 3. The summed E-state index contributed by atoms with van der Waals surface area (Å²) in [6.07, 6.45) is 3.92. The van der Waals surface area contributed by atoms with E-state index in [1.165, 1.54) is 11.1 Å². The van der Waals surface area contributed by atoms with Gasteiger partial charge in [0.05, 0.1) is 5.75 Å². The summed E-state index contributed by atoms with van der Waals surface area (Å²) in [5.74, 6) is 1.71. The Morgan fingerprint density at radius 2 is 2.33 bits per heavy atom. The molecule has 4 heteroatoms. The van der Waals surface area contributed by atoms with Crippen molar-refractivity contribution in [3.8, 4) is 0 Å². The Labute approximate surface area is 131 Å². The molecule has 1 N–H and O–H groups in total. The van der Waals surface area contributed by atoms with Crippen molar-refractivity contribution in [2.24, 2.45) is 0 Å². The number of rotatable bonds is 7. The van der Waals surface area contributed by atoms with Crippen molar-refractivity contribution >= 4 is 17.7 Å². The first-order chi connectivity index (χ1) is 10.2. The van der Waals surface area contributed by atoms with Gasteiger partial charge in [-0.3, -0.25) is 4.79 Å². The van der Waals surface area contributed by atoms with Crippen LogP contribution in [0, 0.1) is 6.92 Å². The number of aliphatic hydroxyl groups excluding tert-OH is 1. The van der Waals surface area contributed by atoms with Crippen LogP contribution in [0.25, 0.3) is 0 Å². The van der Waals surface area contributed by atoms with Crippen LogP contribution in [-0.2, 0) is 10.5 Å². The van der Waals surface area contributed by atoms with E-state index in [1.807, 2.05) is 4.90 Å². The van der Waals surface area contributed by atoms with Crippen molar-refractivity contribution in [1.82, 2.24) is 4.90 Å². The summed E-state index contributed by atoms with van der Waals surface area (Å²) in [6.45, 7) is 3.20. The maximum absolute atomic E-state index is 12.3. The summed E-state index contributed by atoms with van der Waals surface area (Å²) in [6, 6.07) is 8.81. The molecule has 1 aromatic rings. The normalized spacial score (nSPS) is 18.2. The second-order valence-corrected chi connectivity index (χ2v) is 6.72. The number of thioether (sulfide) groups is 1. The molecule has 1 atom stereocenters. The molecule has 1 aliphatic heterocycles. The molecular formula is C17H25NO2S. The molecule has 2 rings (SSSR count). The maximum Gasteiger partial charge on any atom is 0.232 e. The van der Waals surface area contributed by atoms with Gasteiger partial charge in [-0.2, -0.15) is 0 Å². The topological polar surface area (TPSA) is 40.5 Å². The van der Waals surface area contributed by atoms with Gasteiger partial charge in [0.25, 0.3) is 0 Å². The highest BCUT2D eigenvalue weighted by Crippen LogP contribution is 2.23. The molecule has 1 aromatic carbocycles. The van der Waals surface area contributed by atoms with Crippen molar-refractivity contribution < 1.29 is 9.90 Å². The minimum atomic E-state index is 0.223. The minimum absolute atomic E-state index is 0.223. The first kappa shape index (κ1) is 16.4. The quantitative estimate of drug-likeness (QED) is 0.842. The molecule has 0 radical (unpaired) electrons. The Morgan fingerprint density at radius 1 is 1.48 bits per heavy atom. The van der Waals surface area contributed by atoms with Crippen LogP contribution >= 0.6 is 11.8 Å². The lowest BCUT2D eigenvalue weighted by atomic mass is 10.1. The molecule has 1 unspecified atom stereocenters. The van der Waals surface area contributed by atoms with Crippen molar-refractivity contribution in [3.05, 3.63) is 35.4 Å². The second-order valence-electron chi connectivity index (χ2n) is 5.73. The molecule has 1 saturated heterocycles. The zero-order chi connectivity index (χ0) is 15.1. The summed E-state index contributed by atoms with van der Waals surface area (Å²) < 4.78 is 0. The summed E-state index contributed by atoms with van der Waals surface area (Å²) in [5, 5.41) is 8.93. The molecular weight excluding hydrogens is 282 g/mol. The smallest absolute Gasteiger partial charge is 0.232 e. The first-order valence-electron chi connectivity index (χ1n) is 7.74. The van der Waals surface area contributed by atoms with Gasteiger partial charge in [0.1, 0.15) is 0 Å². The second kappa shape index (κ2) is 8.44. The zero-order valence-corrected chi connectivity index (χ0v) is 13.6. The Balaban J connectivity index is 1.76. The highest BCUT2D eigenvalue weighted by molar-refractivity contribution is 7.99. The first-order valence-corrected chi connectivity index (χ1v) is 8.90. The molecule has 1 amide bonds. The Bertz CT molecular complexity index is 464. The van der Waals surface area contributed by atoms with E-state index in [0.717, 1.165) is 38.0 Å². The van der Waals surface area contributed by atoms with Gasteiger partial charge < -0.3 is 10.0 Å². The summed E-state index contributed by atoms with van der Waals surface area (Å²) in [7, 11) is 0. The standard InChI is InChI=1S/C17H25NO2S/c1-14-5-2-6-15(11-14)12-21-13-17(20)18-9-3-7-16(18)8-4-10-19/h2,5-6,11,16,19H,3-4,7-10,12-13H2,1H3. The molecule has 0 bridgehead atoms. The fourth-order valence-corrected chi connectivity index (χ4v) is 3.79. The molecule has 0 saturated carbocycles. The van der Waals surface area contributed by atoms with Crippen LogP contribution in [0.2, 0.25) is 0 Å². The highest BCUT2D eigenvalue weighted by Gasteiger charge is 2.27. The fraction of sp³-hybridized carbons (Fsp3) is 0.588. The van der Waals surface area contributed by atoms with E-state index in [1.54, 1.807) is 11.8 Å². The van der Waals surface area contributed by atoms with Crippen LogP contribution in [0.4, 0.5) is 0 Å². The van der Waals surface area contributed by atoms with Crippen molar-refractivity contribution in [2.75, 3.05) is 18.9 Å². The zero-order valence-electron chi connectivity index (χ0n) is 12.8. The molecule has 21 heavy (non-hydrogen) atoms. The number of aryl methyl sites for hydroxylation is 1. The Morgan fingerprint density at radius 3 is 3.10 bits per heavy atom. The van der Waals surface area contributed by atoms with Crippen LogP contribution in [0.5, 0.6) is 0 Å². The number of aliphatic hydroxyl groups is 1. The molecule has 0 spiro atoms. The number of likely N-dealkylation sites (tertiary alicyclic amines) is 1. The lowest BCUT2D eigenvalue weighted by molar-refractivity contribution is -0.129. The lowest BCUT2D eigenvalue weighted by Gasteiger charge is -2.24. The van der Waals surface area contributed by atoms with Gasteiger partial charge >= 0.3 is 0 Å². The highest BCUT2D eigenvalue weighted by atomic mass is 32.2. The van der Waals surface area contributed by atoms with Crippen LogP contribution in [0.3, 0.4) is 0 Å². The van der Waals surface area contributed by atoms with Crippen molar-refractivity contribution in [1.29, 1.82) is 0 Å². The van der Waals surface area contributed by atoms with Crippen LogP contribution in [-0.4, -0.2) is 40.9 Å². The lowest BCUT2D eigenvalue weighted by Crippen LogP contribution is -2.36. The number of carbonyl (C=O) groups is 1. The van der Waals surface area contributed by atoms with Gasteiger partial charge in [-0.15, -0.1) is 11.8 Å². The van der Waals surface area contributed by atoms with E-state index in [2.05, 4.69) is 31.2 Å². The number of amides is 1. The average molecular weight is 307 g/mol. The van der Waals surface area contributed by atoms with Crippen LogP contribution < -0.4 is 0 Å². The van der Waals surface area contributed by atoms with Gasteiger partial charge in [-0.1, -0.05) is 29.8 Å². The molecule has 1 heterocycles. The van der Waals surface area contributed by atoms with Gasteiger partial charge in [0.2, 0.25) is 5.91 Å². The molecule has 116 valence electrons. The van der Waals surface area contributed by atoms with E-state index in [4.69, 9.17) is 5.11 Å². The number of carbonyl (C=O) groups excluding carboxylic acids is 1. The third-order valence-corrected chi connectivity index (χ3v) is 4.96. The number of benzene rings is 1. The Kier molecular flexibility index (Phi) is 6.58. The molecule has 1 fully saturated rings. The van der Waals surface area contributed by atoms with Crippen LogP contribution in [0.1, 0.15) is 36.8 Å². The Hall–Kier alpha value is -1.00. The molecule has 3 nitrogen and oxygen atoms in total. The van der Waals surface area contributed by atoms with Gasteiger partial charge in [-0.05, 0) is 38.2 Å². The van der Waals surface area contributed by atoms with Gasteiger partial charge in [-0.25, -0.2) is 0 Å². The van der Waals surface area contributed by atoms with E-state index in [9.17, 15) is 4.79 Å².